The first kappa shape index (κ1) is 19.6. The van der Waals surface area contributed by atoms with Crippen molar-refractivity contribution in [3.05, 3.63) is 74.5 Å². The van der Waals surface area contributed by atoms with Gasteiger partial charge in [-0.05, 0) is 23.8 Å². The number of carbonyl (C=O) groups is 1. The number of carbonyl (C=O) groups excluding carboxylic acids is 1. The summed E-state index contributed by atoms with van der Waals surface area (Å²) in [6.45, 7) is 0. The summed E-state index contributed by atoms with van der Waals surface area (Å²) in [6, 6.07) is 7.97. The molecule has 0 fully saturated rings. The number of anilines is 1. The van der Waals surface area contributed by atoms with Crippen molar-refractivity contribution in [2.24, 2.45) is 0 Å². The van der Waals surface area contributed by atoms with Gasteiger partial charge in [0.2, 0.25) is 0 Å². The second-order valence-corrected chi connectivity index (χ2v) is 7.33. The Labute approximate surface area is 166 Å². The first-order valence-corrected chi connectivity index (χ1v) is 9.04. The van der Waals surface area contributed by atoms with Crippen LogP contribution in [-0.2, 0) is 12.6 Å². The van der Waals surface area contributed by atoms with Gasteiger partial charge in [-0.1, -0.05) is 41.4 Å². The molecule has 0 aliphatic carbocycles. The Balaban J connectivity index is 1.72. The third kappa shape index (κ3) is 4.97. The minimum absolute atomic E-state index is 0.0428. The molecule has 0 atom stereocenters. The molecule has 0 radical (unpaired) electrons. The van der Waals surface area contributed by atoms with Crippen molar-refractivity contribution >= 4 is 45.6 Å². The standard InChI is InChI=1S/C17H10Cl2F3N3OS/c18-12-4-5-13(19)24-14(12)15(26)25-16-23-8-11(27-16)7-9-2-1-3-10(6-9)17(20,21)22/h1-6,8H,7H2,(H,23,25,26). The molecule has 4 nitrogen and oxygen atoms in total. The van der Waals surface area contributed by atoms with Crippen LogP contribution in [0.4, 0.5) is 18.3 Å². The van der Waals surface area contributed by atoms with Crippen LogP contribution in [0, 0.1) is 0 Å². The second kappa shape index (κ2) is 7.84. The van der Waals surface area contributed by atoms with E-state index in [1.165, 1.54) is 24.4 Å². The molecule has 1 aromatic carbocycles. The van der Waals surface area contributed by atoms with E-state index in [-0.39, 0.29) is 27.4 Å². The largest absolute Gasteiger partial charge is 0.416 e. The summed E-state index contributed by atoms with van der Waals surface area (Å²) >= 11 is 12.8. The van der Waals surface area contributed by atoms with Crippen LogP contribution in [-0.4, -0.2) is 15.9 Å². The molecular formula is C17H10Cl2F3N3OS. The number of rotatable bonds is 4. The van der Waals surface area contributed by atoms with Gasteiger partial charge in [0.15, 0.2) is 5.13 Å². The van der Waals surface area contributed by atoms with Crippen LogP contribution < -0.4 is 5.32 Å². The summed E-state index contributed by atoms with van der Waals surface area (Å²) in [5.74, 6) is -0.581. The van der Waals surface area contributed by atoms with Gasteiger partial charge in [0, 0.05) is 17.5 Å². The number of pyridine rings is 1. The zero-order valence-corrected chi connectivity index (χ0v) is 15.7. The fourth-order valence-corrected chi connectivity index (χ4v) is 3.42. The van der Waals surface area contributed by atoms with E-state index in [0.29, 0.717) is 10.4 Å². The van der Waals surface area contributed by atoms with Crippen molar-refractivity contribution in [1.82, 2.24) is 9.97 Å². The predicted molar refractivity (Wildman–Crippen MR) is 98.6 cm³/mol. The zero-order valence-electron chi connectivity index (χ0n) is 13.3. The summed E-state index contributed by atoms with van der Waals surface area (Å²) in [5.41, 5.74) is -0.260. The Hall–Kier alpha value is -2.16. The highest BCUT2D eigenvalue weighted by Crippen LogP contribution is 2.30. The van der Waals surface area contributed by atoms with Crippen molar-refractivity contribution in [1.29, 1.82) is 0 Å². The fraction of sp³-hybridized carbons (Fsp3) is 0.118. The topological polar surface area (TPSA) is 54.9 Å². The van der Waals surface area contributed by atoms with Crippen molar-refractivity contribution in [3.8, 4) is 0 Å². The van der Waals surface area contributed by atoms with Crippen molar-refractivity contribution in [2.45, 2.75) is 12.6 Å². The molecule has 0 unspecified atom stereocenters. The van der Waals surface area contributed by atoms with Crippen LogP contribution in [0.15, 0.2) is 42.6 Å². The Kier molecular flexibility index (Phi) is 5.69. The lowest BCUT2D eigenvalue weighted by Crippen LogP contribution is -2.14. The van der Waals surface area contributed by atoms with Crippen molar-refractivity contribution in [2.75, 3.05) is 5.32 Å². The lowest BCUT2D eigenvalue weighted by atomic mass is 10.1. The highest BCUT2D eigenvalue weighted by atomic mass is 35.5. The number of thiazole rings is 1. The molecule has 2 aromatic heterocycles. The molecule has 0 bridgehead atoms. The molecule has 0 saturated heterocycles. The molecule has 1 amide bonds. The predicted octanol–water partition coefficient (Wildman–Crippen LogP) is 5.71. The molecule has 140 valence electrons. The number of nitrogens with one attached hydrogen (secondary N) is 1. The van der Waals surface area contributed by atoms with Gasteiger partial charge in [-0.25, -0.2) is 9.97 Å². The number of benzene rings is 1. The normalized spacial score (nSPS) is 11.4. The van der Waals surface area contributed by atoms with Crippen LogP contribution in [0.3, 0.4) is 0 Å². The van der Waals surface area contributed by atoms with Gasteiger partial charge < -0.3 is 0 Å². The summed E-state index contributed by atoms with van der Waals surface area (Å²) in [6.07, 6.45) is -2.65. The van der Waals surface area contributed by atoms with Crippen molar-refractivity contribution < 1.29 is 18.0 Å². The lowest BCUT2D eigenvalue weighted by Gasteiger charge is -2.07. The lowest BCUT2D eigenvalue weighted by molar-refractivity contribution is -0.137. The third-order valence-electron chi connectivity index (χ3n) is 3.43. The Morgan fingerprint density at radius 2 is 1.96 bits per heavy atom. The molecule has 3 aromatic rings. The van der Waals surface area contributed by atoms with Crippen LogP contribution in [0.25, 0.3) is 0 Å². The molecule has 0 aliphatic heterocycles. The number of hydrogen-bond donors (Lipinski definition) is 1. The second-order valence-electron chi connectivity index (χ2n) is 5.43. The molecule has 1 N–H and O–H groups in total. The van der Waals surface area contributed by atoms with E-state index in [2.05, 4.69) is 15.3 Å². The average molecular weight is 432 g/mol. The number of alkyl halides is 3. The zero-order chi connectivity index (χ0) is 19.6. The molecule has 0 spiro atoms. The minimum Gasteiger partial charge on any atom is -0.296 e. The van der Waals surface area contributed by atoms with E-state index < -0.39 is 17.6 Å². The van der Waals surface area contributed by atoms with Gasteiger partial charge >= 0.3 is 6.18 Å². The van der Waals surface area contributed by atoms with E-state index in [1.807, 2.05) is 0 Å². The minimum atomic E-state index is -4.40. The Bertz CT molecular complexity index is 992. The van der Waals surface area contributed by atoms with Crippen LogP contribution in [0.2, 0.25) is 10.2 Å². The quantitative estimate of drug-likeness (QED) is 0.538. The van der Waals surface area contributed by atoms with Crippen LogP contribution in [0.5, 0.6) is 0 Å². The molecule has 0 saturated carbocycles. The van der Waals surface area contributed by atoms with E-state index in [1.54, 1.807) is 6.07 Å². The number of hydrogen-bond acceptors (Lipinski definition) is 4. The monoisotopic (exact) mass is 431 g/mol. The van der Waals surface area contributed by atoms with Crippen LogP contribution >= 0.6 is 34.5 Å². The highest BCUT2D eigenvalue weighted by molar-refractivity contribution is 7.15. The van der Waals surface area contributed by atoms with E-state index >= 15 is 0 Å². The van der Waals surface area contributed by atoms with Gasteiger partial charge in [-0.2, -0.15) is 13.2 Å². The van der Waals surface area contributed by atoms with Crippen molar-refractivity contribution in [3.63, 3.8) is 0 Å². The molecule has 2 heterocycles. The molecule has 3 rings (SSSR count). The fourth-order valence-electron chi connectivity index (χ4n) is 2.24. The molecule has 0 aliphatic rings. The van der Waals surface area contributed by atoms with E-state index in [0.717, 1.165) is 23.5 Å². The summed E-state index contributed by atoms with van der Waals surface area (Å²) < 4.78 is 38.4. The first-order chi connectivity index (χ1) is 12.7. The number of halogens is 5. The molecule has 27 heavy (non-hydrogen) atoms. The SMILES string of the molecule is O=C(Nc1ncc(Cc2cccc(C(F)(F)F)c2)s1)c1nc(Cl)ccc1Cl. The maximum atomic E-state index is 12.8. The number of amides is 1. The average Bonchev–Trinajstić information content (AvgIpc) is 3.03. The Morgan fingerprint density at radius 3 is 2.70 bits per heavy atom. The maximum Gasteiger partial charge on any atom is 0.416 e. The summed E-state index contributed by atoms with van der Waals surface area (Å²) in [5, 5.41) is 3.08. The summed E-state index contributed by atoms with van der Waals surface area (Å²) in [7, 11) is 0. The Morgan fingerprint density at radius 1 is 1.19 bits per heavy atom. The summed E-state index contributed by atoms with van der Waals surface area (Å²) in [4.78, 5) is 20.9. The first-order valence-electron chi connectivity index (χ1n) is 7.46. The molecular weight excluding hydrogens is 422 g/mol. The third-order valence-corrected chi connectivity index (χ3v) is 4.86. The number of nitrogens with zero attached hydrogens (tertiary/aromatic N) is 2. The van der Waals surface area contributed by atoms with Gasteiger partial charge in [-0.3, -0.25) is 10.1 Å². The van der Waals surface area contributed by atoms with Gasteiger partial charge in [0.25, 0.3) is 5.91 Å². The van der Waals surface area contributed by atoms with Gasteiger partial charge in [0.05, 0.1) is 10.6 Å². The van der Waals surface area contributed by atoms with Gasteiger partial charge in [-0.15, -0.1) is 11.3 Å². The van der Waals surface area contributed by atoms with Gasteiger partial charge in [0.1, 0.15) is 10.8 Å². The van der Waals surface area contributed by atoms with Crippen LogP contribution in [0.1, 0.15) is 26.5 Å². The van der Waals surface area contributed by atoms with E-state index in [9.17, 15) is 18.0 Å². The number of aromatic nitrogens is 2. The highest BCUT2D eigenvalue weighted by Gasteiger charge is 2.30. The molecule has 10 heteroatoms. The van der Waals surface area contributed by atoms with E-state index in [4.69, 9.17) is 23.2 Å². The maximum absolute atomic E-state index is 12.8. The smallest absolute Gasteiger partial charge is 0.296 e.